The van der Waals surface area contributed by atoms with Gasteiger partial charge in [0, 0.05) is 12.5 Å². The van der Waals surface area contributed by atoms with Crippen molar-refractivity contribution in [3.8, 4) is 0 Å². The predicted molar refractivity (Wildman–Crippen MR) is 127 cm³/mol. The number of anilines is 3. The number of nitrogen functional groups attached to an aromatic ring is 1. The fraction of sp³-hybridized carbons (Fsp3) is 0.391. The molecule has 178 valence electrons. The van der Waals surface area contributed by atoms with Gasteiger partial charge < -0.3 is 21.1 Å². The molecule has 2 aromatic carbocycles. The molecule has 0 atom stereocenters. The third-order valence-electron chi connectivity index (χ3n) is 5.06. The second kappa shape index (κ2) is 9.70. The van der Waals surface area contributed by atoms with Crippen molar-refractivity contribution in [1.29, 1.82) is 0 Å². The molecule has 0 heterocycles. The van der Waals surface area contributed by atoms with Crippen LogP contribution in [0.25, 0.3) is 0 Å². The average Bonchev–Trinajstić information content (AvgIpc) is 2.67. The summed E-state index contributed by atoms with van der Waals surface area (Å²) in [7, 11) is -3.73. The Hall–Kier alpha value is -3.27. The number of nitrogens with one attached hydrogen (secondary N) is 3. The van der Waals surface area contributed by atoms with Gasteiger partial charge in [-0.1, -0.05) is 18.2 Å². The first-order chi connectivity index (χ1) is 15.4. The molecule has 0 aromatic heterocycles. The highest BCUT2D eigenvalue weighted by atomic mass is 32.2. The summed E-state index contributed by atoms with van der Waals surface area (Å²) in [5.41, 5.74) is 6.42. The Kier molecular flexibility index (Phi) is 7.16. The van der Waals surface area contributed by atoms with Crippen molar-refractivity contribution in [2.75, 3.05) is 15.8 Å². The maximum absolute atomic E-state index is 12.4. The van der Waals surface area contributed by atoms with Crippen molar-refractivity contribution in [2.45, 2.75) is 56.6 Å². The topological polar surface area (TPSA) is 140 Å². The molecule has 33 heavy (non-hydrogen) atoms. The summed E-state index contributed by atoms with van der Waals surface area (Å²) in [6, 6.07) is 12.6. The lowest BCUT2D eigenvalue weighted by atomic mass is 9.78. The molecule has 0 saturated heterocycles. The minimum atomic E-state index is -3.73. The van der Waals surface area contributed by atoms with Crippen LogP contribution in [0.15, 0.2) is 53.4 Å². The van der Waals surface area contributed by atoms with E-state index in [4.69, 9.17) is 10.5 Å². The highest BCUT2D eigenvalue weighted by Gasteiger charge is 2.33. The van der Waals surface area contributed by atoms with Crippen LogP contribution in [0.1, 0.15) is 40.0 Å². The molecule has 0 unspecified atom stereocenters. The van der Waals surface area contributed by atoms with Crippen molar-refractivity contribution in [1.82, 2.24) is 5.32 Å². The van der Waals surface area contributed by atoms with E-state index < -0.39 is 21.7 Å². The van der Waals surface area contributed by atoms with Gasteiger partial charge in [-0.25, -0.2) is 13.2 Å². The normalized spacial score (nSPS) is 18.0. The summed E-state index contributed by atoms with van der Waals surface area (Å²) in [4.78, 5) is 24.3. The molecule has 0 radical (unpaired) electrons. The lowest BCUT2D eigenvalue weighted by Gasteiger charge is -2.35. The standard InChI is InChI=1S/C23H30N4O5S/c1-23(2,3)32-22(29)25-17-11-15(12-17)13-21(28)26-20-10-9-16(14-19(20)24)27-33(30,31)18-7-5-4-6-8-18/h4-10,14-15,17,27H,11-13,24H2,1-3H3,(H,25,29)(H,26,28)/t15-,17-. The fourth-order valence-electron chi connectivity index (χ4n) is 3.51. The third kappa shape index (κ3) is 7.11. The molecule has 10 heteroatoms. The molecule has 1 fully saturated rings. The van der Waals surface area contributed by atoms with Crippen molar-refractivity contribution in [3.63, 3.8) is 0 Å². The molecular formula is C23H30N4O5S. The van der Waals surface area contributed by atoms with E-state index in [-0.39, 0.29) is 28.4 Å². The van der Waals surface area contributed by atoms with Crippen LogP contribution in [0.3, 0.4) is 0 Å². The molecule has 1 aliphatic carbocycles. The number of benzene rings is 2. The molecule has 0 spiro atoms. The largest absolute Gasteiger partial charge is 0.444 e. The van der Waals surface area contributed by atoms with Gasteiger partial charge >= 0.3 is 6.09 Å². The first-order valence-electron chi connectivity index (χ1n) is 10.7. The minimum Gasteiger partial charge on any atom is -0.444 e. The summed E-state index contributed by atoms with van der Waals surface area (Å²) >= 11 is 0. The smallest absolute Gasteiger partial charge is 0.407 e. The van der Waals surface area contributed by atoms with E-state index in [2.05, 4.69) is 15.4 Å². The van der Waals surface area contributed by atoms with E-state index in [0.29, 0.717) is 30.6 Å². The number of hydrogen-bond donors (Lipinski definition) is 4. The maximum Gasteiger partial charge on any atom is 0.407 e. The van der Waals surface area contributed by atoms with E-state index in [0.717, 1.165) is 0 Å². The Labute approximate surface area is 194 Å². The number of rotatable bonds is 7. The number of alkyl carbamates (subject to hydrolysis) is 1. The third-order valence-corrected chi connectivity index (χ3v) is 6.46. The number of ether oxygens (including phenoxy) is 1. The zero-order chi connectivity index (χ0) is 24.2. The van der Waals surface area contributed by atoms with Gasteiger partial charge in [0.15, 0.2) is 0 Å². The second-order valence-electron chi connectivity index (χ2n) is 9.15. The second-order valence-corrected chi connectivity index (χ2v) is 10.8. The van der Waals surface area contributed by atoms with E-state index in [1.165, 1.54) is 24.3 Å². The predicted octanol–water partition coefficient (Wildman–Crippen LogP) is 3.70. The molecule has 5 N–H and O–H groups in total. The molecule has 1 saturated carbocycles. The Balaban J connectivity index is 1.48. The number of carbonyl (C=O) groups excluding carboxylic acids is 2. The highest BCUT2D eigenvalue weighted by molar-refractivity contribution is 7.92. The van der Waals surface area contributed by atoms with Crippen LogP contribution in [0, 0.1) is 5.92 Å². The van der Waals surface area contributed by atoms with Crippen molar-refractivity contribution >= 4 is 39.1 Å². The number of sulfonamides is 1. The van der Waals surface area contributed by atoms with Gasteiger partial charge in [-0.05, 0) is 69.9 Å². The van der Waals surface area contributed by atoms with Crippen LogP contribution in [0.2, 0.25) is 0 Å². The van der Waals surface area contributed by atoms with Gasteiger partial charge in [-0.15, -0.1) is 0 Å². The first kappa shape index (κ1) is 24.4. The van der Waals surface area contributed by atoms with Crippen molar-refractivity contribution in [2.24, 2.45) is 5.92 Å². The molecule has 2 amide bonds. The Morgan fingerprint density at radius 1 is 1.09 bits per heavy atom. The van der Waals surface area contributed by atoms with Gasteiger partial charge in [0.25, 0.3) is 10.0 Å². The van der Waals surface area contributed by atoms with Gasteiger partial charge in [-0.2, -0.15) is 0 Å². The summed E-state index contributed by atoms with van der Waals surface area (Å²) in [6.45, 7) is 5.41. The van der Waals surface area contributed by atoms with Gasteiger partial charge in [0.1, 0.15) is 5.60 Å². The Bertz CT molecular complexity index is 1110. The Morgan fingerprint density at radius 3 is 2.36 bits per heavy atom. The quantitative estimate of drug-likeness (QED) is 0.451. The van der Waals surface area contributed by atoms with Crippen LogP contribution >= 0.6 is 0 Å². The summed E-state index contributed by atoms with van der Waals surface area (Å²) in [6.07, 6.45) is 1.24. The van der Waals surface area contributed by atoms with Gasteiger partial charge in [0.05, 0.1) is 22.0 Å². The average molecular weight is 475 g/mol. The SMILES string of the molecule is CC(C)(C)OC(=O)N[C@H]1C[C@H](CC(=O)Nc2ccc(NS(=O)(=O)c3ccccc3)cc2N)C1. The molecule has 0 aliphatic heterocycles. The Morgan fingerprint density at radius 2 is 1.76 bits per heavy atom. The maximum atomic E-state index is 12.4. The zero-order valence-electron chi connectivity index (χ0n) is 18.9. The van der Waals surface area contributed by atoms with Crippen molar-refractivity contribution < 1.29 is 22.7 Å². The van der Waals surface area contributed by atoms with Gasteiger partial charge in [-0.3, -0.25) is 9.52 Å². The summed E-state index contributed by atoms with van der Waals surface area (Å²) in [5, 5.41) is 5.57. The highest BCUT2D eigenvalue weighted by Crippen LogP contribution is 2.32. The molecule has 2 aromatic rings. The number of nitrogens with two attached hydrogens (primary N) is 1. The van der Waals surface area contributed by atoms with Gasteiger partial charge in [0.2, 0.25) is 5.91 Å². The van der Waals surface area contributed by atoms with Crippen LogP contribution in [0.4, 0.5) is 21.9 Å². The lowest BCUT2D eigenvalue weighted by Crippen LogP contribution is -2.46. The summed E-state index contributed by atoms with van der Waals surface area (Å²) < 4.78 is 32.6. The number of amides is 2. The van der Waals surface area contributed by atoms with Crippen LogP contribution in [-0.4, -0.2) is 32.1 Å². The summed E-state index contributed by atoms with van der Waals surface area (Å²) in [5.74, 6) is -0.0387. The van der Waals surface area contributed by atoms with Crippen LogP contribution in [0.5, 0.6) is 0 Å². The van der Waals surface area contributed by atoms with E-state index >= 15 is 0 Å². The van der Waals surface area contributed by atoms with Crippen molar-refractivity contribution in [3.05, 3.63) is 48.5 Å². The van der Waals surface area contributed by atoms with E-state index in [1.807, 2.05) is 0 Å². The molecule has 1 aliphatic rings. The molecule has 3 rings (SSSR count). The zero-order valence-corrected chi connectivity index (χ0v) is 19.7. The van der Waals surface area contributed by atoms with Crippen LogP contribution < -0.4 is 21.1 Å². The lowest BCUT2D eigenvalue weighted by molar-refractivity contribution is -0.117. The van der Waals surface area contributed by atoms with E-state index in [1.54, 1.807) is 45.0 Å². The molecule has 0 bridgehead atoms. The number of hydrogen-bond acceptors (Lipinski definition) is 6. The molecular weight excluding hydrogens is 444 g/mol. The van der Waals surface area contributed by atoms with E-state index in [9.17, 15) is 18.0 Å². The monoisotopic (exact) mass is 474 g/mol. The molecule has 9 nitrogen and oxygen atoms in total. The van der Waals surface area contributed by atoms with Crippen LogP contribution in [-0.2, 0) is 19.6 Å². The minimum absolute atomic E-state index is 0.000333. The number of carbonyl (C=O) groups is 2. The fourth-order valence-corrected chi connectivity index (χ4v) is 4.58. The first-order valence-corrected chi connectivity index (χ1v) is 12.2.